The van der Waals surface area contributed by atoms with E-state index in [0.29, 0.717) is 5.69 Å². The molecule has 5 nitrogen and oxygen atoms in total. The molecular formula is C7H6N4OS. The minimum atomic E-state index is -0.581. The number of nitrogens with two attached hydrogens (primary N) is 1. The third-order valence-electron chi connectivity index (χ3n) is 1.52. The van der Waals surface area contributed by atoms with Gasteiger partial charge in [-0.15, -0.1) is 0 Å². The van der Waals surface area contributed by atoms with E-state index in [-0.39, 0.29) is 0 Å². The number of benzene rings is 1. The van der Waals surface area contributed by atoms with Gasteiger partial charge in [-0.1, -0.05) is 0 Å². The second-order valence-corrected chi connectivity index (χ2v) is 2.99. The molecule has 0 spiro atoms. The summed E-state index contributed by atoms with van der Waals surface area (Å²) in [5.74, 6) is 0. The number of nitrogens with zero attached hydrogens (tertiary/aromatic N) is 2. The molecular weight excluding hydrogens is 188 g/mol. The molecule has 0 fully saturated rings. The van der Waals surface area contributed by atoms with Crippen LogP contribution in [0.2, 0.25) is 0 Å². The van der Waals surface area contributed by atoms with Gasteiger partial charge in [0.25, 0.3) is 0 Å². The minimum Gasteiger partial charge on any atom is -0.351 e. The van der Waals surface area contributed by atoms with E-state index in [1.807, 2.05) is 0 Å². The fraction of sp³-hybridized carbons (Fsp3) is 0. The van der Waals surface area contributed by atoms with Crippen LogP contribution < -0.4 is 11.1 Å². The van der Waals surface area contributed by atoms with E-state index >= 15 is 0 Å². The highest BCUT2D eigenvalue weighted by molar-refractivity contribution is 7.00. The highest BCUT2D eigenvalue weighted by atomic mass is 32.1. The molecule has 2 rings (SSSR count). The van der Waals surface area contributed by atoms with Crippen LogP contribution in [-0.2, 0) is 0 Å². The summed E-state index contributed by atoms with van der Waals surface area (Å²) in [6.45, 7) is 0. The Bertz CT molecular complexity index is 452. The van der Waals surface area contributed by atoms with Gasteiger partial charge in [-0.25, -0.2) is 4.79 Å². The molecule has 0 aliphatic heterocycles. The molecule has 0 bridgehead atoms. The minimum absolute atomic E-state index is 0.581. The van der Waals surface area contributed by atoms with E-state index in [4.69, 9.17) is 5.73 Å². The molecule has 0 atom stereocenters. The van der Waals surface area contributed by atoms with Crippen molar-refractivity contribution < 1.29 is 4.79 Å². The van der Waals surface area contributed by atoms with Gasteiger partial charge in [-0.2, -0.15) is 8.75 Å². The van der Waals surface area contributed by atoms with Crippen molar-refractivity contribution in [3.63, 3.8) is 0 Å². The van der Waals surface area contributed by atoms with Crippen LogP contribution in [0.3, 0.4) is 0 Å². The zero-order chi connectivity index (χ0) is 9.26. The van der Waals surface area contributed by atoms with Gasteiger partial charge in [0, 0.05) is 5.69 Å². The predicted molar refractivity (Wildman–Crippen MR) is 50.6 cm³/mol. The Morgan fingerprint density at radius 2 is 2.15 bits per heavy atom. The molecule has 66 valence electrons. The van der Waals surface area contributed by atoms with Crippen molar-refractivity contribution in [1.82, 2.24) is 8.75 Å². The number of carbonyl (C=O) groups is 1. The fourth-order valence-electron chi connectivity index (χ4n) is 1.00. The number of nitrogens with one attached hydrogen (secondary N) is 1. The first-order valence-corrected chi connectivity index (χ1v) is 4.27. The van der Waals surface area contributed by atoms with Gasteiger partial charge < -0.3 is 11.1 Å². The molecule has 1 aromatic heterocycles. The lowest BCUT2D eigenvalue weighted by molar-refractivity contribution is 0.259. The van der Waals surface area contributed by atoms with Crippen LogP contribution in [0.25, 0.3) is 11.0 Å². The summed E-state index contributed by atoms with van der Waals surface area (Å²) in [4.78, 5) is 10.5. The Morgan fingerprint density at radius 3 is 2.92 bits per heavy atom. The van der Waals surface area contributed by atoms with Crippen LogP contribution in [-0.4, -0.2) is 14.8 Å². The van der Waals surface area contributed by atoms with Crippen molar-refractivity contribution in [2.24, 2.45) is 5.73 Å². The molecule has 0 aliphatic rings. The van der Waals surface area contributed by atoms with E-state index in [1.54, 1.807) is 18.2 Å². The van der Waals surface area contributed by atoms with Crippen LogP contribution >= 0.6 is 11.7 Å². The topological polar surface area (TPSA) is 80.9 Å². The Kier molecular flexibility index (Phi) is 1.82. The van der Waals surface area contributed by atoms with Gasteiger partial charge in [-0.05, 0) is 18.2 Å². The molecule has 2 aromatic rings. The number of hydrogen-bond acceptors (Lipinski definition) is 4. The summed E-state index contributed by atoms with van der Waals surface area (Å²) in [7, 11) is 0. The van der Waals surface area contributed by atoms with Crippen molar-refractivity contribution in [2.45, 2.75) is 0 Å². The summed E-state index contributed by atoms with van der Waals surface area (Å²) < 4.78 is 8.05. The van der Waals surface area contributed by atoms with Crippen molar-refractivity contribution in [2.75, 3.05) is 5.32 Å². The van der Waals surface area contributed by atoms with Gasteiger partial charge in [0.1, 0.15) is 11.0 Å². The standard InChI is InChI=1S/C7H6N4OS/c8-7(12)9-4-1-2-5-6(3-4)11-13-10-5/h1-3H,(H3,8,9,12). The highest BCUT2D eigenvalue weighted by Gasteiger charge is 2.00. The smallest absolute Gasteiger partial charge is 0.316 e. The Hall–Kier alpha value is -1.69. The number of hydrogen-bond donors (Lipinski definition) is 2. The lowest BCUT2D eigenvalue weighted by atomic mass is 10.3. The van der Waals surface area contributed by atoms with Crippen molar-refractivity contribution in [3.8, 4) is 0 Å². The summed E-state index contributed by atoms with van der Waals surface area (Å²) in [5.41, 5.74) is 7.17. The Balaban J connectivity index is 2.42. The number of carbonyl (C=O) groups excluding carboxylic acids is 1. The lowest BCUT2D eigenvalue weighted by Crippen LogP contribution is -2.19. The maximum Gasteiger partial charge on any atom is 0.316 e. The van der Waals surface area contributed by atoms with Gasteiger partial charge in [0.2, 0.25) is 0 Å². The van der Waals surface area contributed by atoms with Gasteiger partial charge >= 0.3 is 6.03 Å². The number of primary amides is 1. The number of amides is 2. The predicted octanol–water partition coefficient (Wildman–Crippen LogP) is 1.18. The molecule has 6 heteroatoms. The second-order valence-electron chi connectivity index (χ2n) is 2.46. The first-order chi connectivity index (χ1) is 6.25. The van der Waals surface area contributed by atoms with Crippen molar-refractivity contribution in [1.29, 1.82) is 0 Å². The van der Waals surface area contributed by atoms with E-state index in [1.165, 1.54) is 0 Å². The molecule has 0 unspecified atom stereocenters. The number of anilines is 1. The third-order valence-corrected chi connectivity index (χ3v) is 2.08. The van der Waals surface area contributed by atoms with Crippen molar-refractivity contribution >= 4 is 34.5 Å². The molecule has 0 aliphatic carbocycles. The second kappa shape index (κ2) is 2.98. The largest absolute Gasteiger partial charge is 0.351 e. The monoisotopic (exact) mass is 194 g/mol. The SMILES string of the molecule is NC(=O)Nc1ccc2nsnc2c1. The van der Waals surface area contributed by atoms with Crippen LogP contribution in [0.5, 0.6) is 0 Å². The third kappa shape index (κ3) is 1.57. The molecule has 2 amide bonds. The Morgan fingerprint density at radius 1 is 1.38 bits per heavy atom. The maximum absolute atomic E-state index is 10.5. The maximum atomic E-state index is 10.5. The van der Waals surface area contributed by atoms with Gasteiger partial charge in [0.05, 0.1) is 11.7 Å². The average Bonchev–Trinajstić information content (AvgIpc) is 2.49. The highest BCUT2D eigenvalue weighted by Crippen LogP contribution is 2.16. The molecule has 3 N–H and O–H groups in total. The van der Waals surface area contributed by atoms with E-state index < -0.39 is 6.03 Å². The number of fused-ring (bicyclic) bond motifs is 1. The van der Waals surface area contributed by atoms with Crippen molar-refractivity contribution in [3.05, 3.63) is 18.2 Å². The molecule has 1 aromatic carbocycles. The van der Waals surface area contributed by atoms with E-state index in [9.17, 15) is 4.79 Å². The number of rotatable bonds is 1. The summed E-state index contributed by atoms with van der Waals surface area (Å²) in [6, 6.07) is 4.66. The molecule has 0 saturated heterocycles. The van der Waals surface area contributed by atoms with Crippen LogP contribution in [0.4, 0.5) is 10.5 Å². The molecule has 1 heterocycles. The zero-order valence-corrected chi connectivity index (χ0v) is 7.34. The van der Waals surface area contributed by atoms with E-state index in [0.717, 1.165) is 22.8 Å². The zero-order valence-electron chi connectivity index (χ0n) is 6.52. The average molecular weight is 194 g/mol. The van der Waals surface area contributed by atoms with Crippen LogP contribution in [0.15, 0.2) is 18.2 Å². The van der Waals surface area contributed by atoms with Gasteiger partial charge in [-0.3, -0.25) is 0 Å². The lowest BCUT2D eigenvalue weighted by Gasteiger charge is -1.99. The molecule has 0 saturated carbocycles. The molecule has 0 radical (unpaired) electrons. The summed E-state index contributed by atoms with van der Waals surface area (Å²) >= 11 is 1.14. The van der Waals surface area contributed by atoms with E-state index in [2.05, 4.69) is 14.1 Å². The summed E-state index contributed by atoms with van der Waals surface area (Å²) in [6.07, 6.45) is 0. The quantitative estimate of drug-likeness (QED) is 0.715. The van der Waals surface area contributed by atoms with Crippen LogP contribution in [0.1, 0.15) is 0 Å². The number of aromatic nitrogens is 2. The number of urea groups is 1. The Labute approximate surface area is 77.9 Å². The first kappa shape index (κ1) is 7.93. The fourth-order valence-corrected chi connectivity index (χ4v) is 1.52. The van der Waals surface area contributed by atoms with Gasteiger partial charge in [0.15, 0.2) is 0 Å². The van der Waals surface area contributed by atoms with Crippen LogP contribution in [0, 0.1) is 0 Å². The summed E-state index contributed by atoms with van der Waals surface area (Å²) in [5, 5.41) is 2.46. The normalized spacial score (nSPS) is 10.2. The molecule has 13 heavy (non-hydrogen) atoms. The first-order valence-electron chi connectivity index (χ1n) is 3.54.